The molecule has 1 aromatic heterocycles. The third kappa shape index (κ3) is 4.06. The lowest BCUT2D eigenvalue weighted by Crippen LogP contribution is -2.50. The molecule has 1 aromatic carbocycles. The molecule has 26 heavy (non-hydrogen) atoms. The van der Waals surface area contributed by atoms with Gasteiger partial charge in [0.05, 0.1) is 11.7 Å². The van der Waals surface area contributed by atoms with Crippen molar-refractivity contribution in [1.82, 2.24) is 14.9 Å². The van der Waals surface area contributed by atoms with E-state index in [-0.39, 0.29) is 23.0 Å². The van der Waals surface area contributed by atoms with Crippen LogP contribution in [0.25, 0.3) is 0 Å². The van der Waals surface area contributed by atoms with Crippen molar-refractivity contribution in [3.8, 4) is 11.8 Å². The van der Waals surface area contributed by atoms with Gasteiger partial charge in [-0.15, -0.1) is 0 Å². The first kappa shape index (κ1) is 18.0. The van der Waals surface area contributed by atoms with Crippen LogP contribution in [0.15, 0.2) is 36.7 Å². The molecule has 5 nitrogen and oxygen atoms in total. The molecule has 1 amide bonds. The summed E-state index contributed by atoms with van der Waals surface area (Å²) in [5.74, 6) is 5.20. The first-order chi connectivity index (χ1) is 12.3. The number of benzene rings is 1. The Hall–Kier alpha value is -2.78. The molecule has 0 bridgehead atoms. The van der Waals surface area contributed by atoms with Crippen LogP contribution >= 0.6 is 0 Å². The summed E-state index contributed by atoms with van der Waals surface area (Å²) in [4.78, 5) is 22.4. The predicted molar refractivity (Wildman–Crippen MR) is 94.7 cm³/mol. The number of nitrogens with zero attached hydrogens (tertiary/aromatic N) is 3. The standard InChI is InChI=1S/C20H20FN3O2/c1-20(2)13-24(9-8-17(20)25)19(26)18-22-11-15(12-23-18)7-6-14-4-3-5-16(21)10-14/h3-5,10-12,17,25H,8-9,13H2,1-2H3. The van der Waals surface area contributed by atoms with Crippen LogP contribution < -0.4 is 0 Å². The number of carbonyl (C=O) groups excluding carboxylic acids is 1. The largest absolute Gasteiger partial charge is 0.392 e. The fraction of sp³-hybridized carbons (Fsp3) is 0.350. The Labute approximate surface area is 151 Å². The van der Waals surface area contributed by atoms with Crippen molar-refractivity contribution in [1.29, 1.82) is 0 Å². The van der Waals surface area contributed by atoms with Crippen LogP contribution in [0.5, 0.6) is 0 Å². The lowest BCUT2D eigenvalue weighted by atomic mass is 9.81. The number of aliphatic hydroxyl groups is 1. The predicted octanol–water partition coefficient (Wildman–Crippen LogP) is 2.25. The average Bonchev–Trinajstić information content (AvgIpc) is 2.62. The monoisotopic (exact) mass is 353 g/mol. The number of hydrogen-bond donors (Lipinski definition) is 1. The second-order valence-electron chi connectivity index (χ2n) is 7.08. The highest BCUT2D eigenvalue weighted by atomic mass is 19.1. The van der Waals surface area contributed by atoms with E-state index >= 15 is 0 Å². The average molecular weight is 353 g/mol. The Morgan fingerprint density at radius 1 is 1.27 bits per heavy atom. The molecule has 1 fully saturated rings. The molecule has 2 aromatic rings. The van der Waals surface area contributed by atoms with Crippen LogP contribution in [-0.4, -0.2) is 45.1 Å². The van der Waals surface area contributed by atoms with Gasteiger partial charge in [-0.25, -0.2) is 14.4 Å². The number of likely N-dealkylation sites (tertiary alicyclic amines) is 1. The maximum atomic E-state index is 13.1. The minimum atomic E-state index is -0.423. The summed E-state index contributed by atoms with van der Waals surface area (Å²) in [7, 11) is 0. The number of aliphatic hydroxyl groups excluding tert-OH is 1. The Kier molecular flexibility index (Phi) is 5.01. The second-order valence-corrected chi connectivity index (χ2v) is 7.08. The van der Waals surface area contributed by atoms with Gasteiger partial charge in [0.25, 0.3) is 5.91 Å². The van der Waals surface area contributed by atoms with Crippen molar-refractivity contribution in [2.24, 2.45) is 5.41 Å². The van der Waals surface area contributed by atoms with Gasteiger partial charge in [-0.3, -0.25) is 4.79 Å². The first-order valence-corrected chi connectivity index (χ1v) is 8.42. The van der Waals surface area contributed by atoms with Gasteiger partial charge in [0.1, 0.15) is 5.82 Å². The molecule has 0 spiro atoms. The summed E-state index contributed by atoms with van der Waals surface area (Å²) < 4.78 is 13.1. The number of rotatable bonds is 1. The quantitative estimate of drug-likeness (QED) is 0.799. The van der Waals surface area contributed by atoms with Crippen molar-refractivity contribution >= 4 is 5.91 Å². The highest BCUT2D eigenvalue weighted by Gasteiger charge is 2.37. The van der Waals surface area contributed by atoms with Crippen molar-refractivity contribution in [2.75, 3.05) is 13.1 Å². The second kappa shape index (κ2) is 7.22. The molecule has 1 unspecified atom stereocenters. The van der Waals surface area contributed by atoms with Crippen LogP contribution in [0.3, 0.4) is 0 Å². The maximum Gasteiger partial charge on any atom is 0.291 e. The number of hydrogen-bond acceptors (Lipinski definition) is 4. The summed E-state index contributed by atoms with van der Waals surface area (Å²) in [6, 6.07) is 6.00. The molecule has 3 rings (SSSR count). The topological polar surface area (TPSA) is 66.3 Å². The van der Waals surface area contributed by atoms with Gasteiger partial charge in [-0.2, -0.15) is 0 Å². The van der Waals surface area contributed by atoms with Gasteiger partial charge in [-0.1, -0.05) is 31.8 Å². The van der Waals surface area contributed by atoms with E-state index in [0.717, 1.165) is 0 Å². The lowest BCUT2D eigenvalue weighted by Gasteiger charge is -2.41. The van der Waals surface area contributed by atoms with Crippen LogP contribution in [0, 0.1) is 23.1 Å². The van der Waals surface area contributed by atoms with Gasteiger partial charge < -0.3 is 10.0 Å². The van der Waals surface area contributed by atoms with E-state index in [0.29, 0.717) is 30.6 Å². The van der Waals surface area contributed by atoms with Crippen molar-refractivity contribution in [3.63, 3.8) is 0 Å². The molecule has 1 aliphatic rings. The molecule has 1 saturated heterocycles. The molecule has 1 aliphatic heterocycles. The summed E-state index contributed by atoms with van der Waals surface area (Å²) in [6.45, 7) is 4.80. The third-order valence-electron chi connectivity index (χ3n) is 4.48. The molecule has 0 saturated carbocycles. The van der Waals surface area contributed by atoms with Crippen molar-refractivity contribution in [2.45, 2.75) is 26.4 Å². The highest BCUT2D eigenvalue weighted by molar-refractivity contribution is 5.90. The first-order valence-electron chi connectivity index (χ1n) is 8.42. The van der Waals surface area contributed by atoms with Gasteiger partial charge >= 0.3 is 0 Å². The van der Waals surface area contributed by atoms with E-state index in [1.807, 2.05) is 13.8 Å². The number of amides is 1. The number of aromatic nitrogens is 2. The zero-order valence-corrected chi connectivity index (χ0v) is 14.7. The molecular formula is C20H20FN3O2. The molecule has 1 N–H and O–H groups in total. The van der Waals surface area contributed by atoms with Crippen LogP contribution in [0.4, 0.5) is 4.39 Å². The Morgan fingerprint density at radius 2 is 1.96 bits per heavy atom. The minimum Gasteiger partial charge on any atom is -0.392 e. The zero-order chi connectivity index (χ0) is 18.7. The molecule has 1 atom stereocenters. The molecule has 2 heterocycles. The molecular weight excluding hydrogens is 333 g/mol. The van der Waals surface area contributed by atoms with Crippen LogP contribution in [0.1, 0.15) is 42.0 Å². The Morgan fingerprint density at radius 3 is 2.62 bits per heavy atom. The van der Waals surface area contributed by atoms with E-state index < -0.39 is 6.10 Å². The van der Waals surface area contributed by atoms with E-state index in [1.54, 1.807) is 17.0 Å². The summed E-state index contributed by atoms with van der Waals surface area (Å²) in [6.07, 6.45) is 3.08. The normalized spacial score (nSPS) is 18.8. The Balaban J connectivity index is 1.71. The van der Waals surface area contributed by atoms with Gasteiger partial charge in [0.15, 0.2) is 0 Å². The van der Waals surface area contributed by atoms with E-state index in [9.17, 15) is 14.3 Å². The molecule has 0 radical (unpaired) electrons. The SMILES string of the molecule is CC1(C)CN(C(=O)c2ncc(C#Cc3cccc(F)c3)cn2)CCC1O. The Bertz CT molecular complexity index is 869. The third-order valence-corrected chi connectivity index (χ3v) is 4.48. The fourth-order valence-corrected chi connectivity index (χ4v) is 2.87. The smallest absolute Gasteiger partial charge is 0.291 e. The van der Waals surface area contributed by atoms with E-state index in [2.05, 4.69) is 21.8 Å². The fourth-order valence-electron chi connectivity index (χ4n) is 2.87. The van der Waals surface area contributed by atoms with Gasteiger partial charge in [0, 0.05) is 36.5 Å². The summed E-state index contributed by atoms with van der Waals surface area (Å²) >= 11 is 0. The van der Waals surface area contributed by atoms with Crippen molar-refractivity contribution in [3.05, 3.63) is 59.4 Å². The summed E-state index contributed by atoms with van der Waals surface area (Å²) in [5.41, 5.74) is 0.740. The summed E-state index contributed by atoms with van der Waals surface area (Å²) in [5, 5.41) is 10.0. The number of piperidine rings is 1. The molecule has 0 aliphatic carbocycles. The highest BCUT2D eigenvalue weighted by Crippen LogP contribution is 2.29. The molecule has 6 heteroatoms. The minimum absolute atomic E-state index is 0.105. The zero-order valence-electron chi connectivity index (χ0n) is 14.7. The molecule has 134 valence electrons. The van der Waals surface area contributed by atoms with Crippen LogP contribution in [0.2, 0.25) is 0 Å². The lowest BCUT2D eigenvalue weighted by molar-refractivity contribution is -0.0186. The van der Waals surface area contributed by atoms with Crippen molar-refractivity contribution < 1.29 is 14.3 Å². The van der Waals surface area contributed by atoms with E-state index in [1.165, 1.54) is 24.5 Å². The van der Waals surface area contributed by atoms with E-state index in [4.69, 9.17) is 0 Å². The van der Waals surface area contributed by atoms with Gasteiger partial charge in [-0.05, 0) is 24.6 Å². The maximum absolute atomic E-state index is 13.1. The number of halogens is 1. The number of carbonyl (C=O) groups is 1. The van der Waals surface area contributed by atoms with Crippen LogP contribution in [-0.2, 0) is 0 Å². The van der Waals surface area contributed by atoms with Gasteiger partial charge in [0.2, 0.25) is 5.82 Å².